The van der Waals surface area contributed by atoms with Gasteiger partial charge < -0.3 is 9.30 Å². The van der Waals surface area contributed by atoms with E-state index in [0.717, 1.165) is 27.2 Å². The molecule has 0 N–H and O–H groups in total. The van der Waals surface area contributed by atoms with Gasteiger partial charge in [0.15, 0.2) is 0 Å². The van der Waals surface area contributed by atoms with Crippen molar-refractivity contribution in [2.45, 2.75) is 13.1 Å². The molecule has 0 saturated heterocycles. The third-order valence-electron chi connectivity index (χ3n) is 4.73. The molecular weight excluding hydrogens is 349 g/mol. The van der Waals surface area contributed by atoms with Gasteiger partial charge in [-0.15, -0.1) is 11.3 Å². The predicted octanol–water partition coefficient (Wildman–Crippen LogP) is 4.36. The summed E-state index contributed by atoms with van der Waals surface area (Å²) in [6.07, 6.45) is 5.52. The molecule has 1 aromatic carbocycles. The molecule has 0 bridgehead atoms. The zero-order valence-corrected chi connectivity index (χ0v) is 14.5. The topological polar surface area (TPSA) is 37.6 Å². The number of thiophene rings is 1. The molecule has 3 aromatic heterocycles. The first-order valence-corrected chi connectivity index (χ1v) is 9.14. The van der Waals surface area contributed by atoms with E-state index in [2.05, 4.69) is 4.98 Å². The van der Waals surface area contributed by atoms with Crippen LogP contribution in [-0.4, -0.2) is 20.2 Å². The average molecular weight is 363 g/mol. The highest BCUT2D eigenvalue weighted by Gasteiger charge is 2.28. The number of benzene rings is 1. The van der Waals surface area contributed by atoms with Crippen LogP contribution in [0.15, 0.2) is 60.4 Å². The van der Waals surface area contributed by atoms with Gasteiger partial charge in [-0.25, -0.2) is 9.37 Å². The summed E-state index contributed by atoms with van der Waals surface area (Å²) >= 11 is 1.57. The van der Waals surface area contributed by atoms with E-state index in [1.807, 2.05) is 46.4 Å². The van der Waals surface area contributed by atoms with Crippen LogP contribution < -0.4 is 0 Å². The van der Waals surface area contributed by atoms with E-state index in [1.54, 1.807) is 28.5 Å². The summed E-state index contributed by atoms with van der Waals surface area (Å²) in [7, 11) is 0. The second-order valence-electron chi connectivity index (χ2n) is 6.34. The number of carbonyl (C=O) groups excluding carboxylic acids is 1. The van der Waals surface area contributed by atoms with Gasteiger partial charge >= 0.3 is 0 Å². The van der Waals surface area contributed by atoms with Crippen LogP contribution in [0.25, 0.3) is 16.8 Å². The lowest BCUT2D eigenvalue weighted by Gasteiger charge is -2.16. The highest BCUT2D eigenvalue weighted by molar-refractivity contribution is 7.10. The third kappa shape index (κ3) is 2.42. The maximum Gasteiger partial charge on any atom is 0.255 e. The molecule has 1 amide bonds. The van der Waals surface area contributed by atoms with Crippen molar-refractivity contribution in [1.82, 2.24) is 14.3 Å². The van der Waals surface area contributed by atoms with Crippen molar-refractivity contribution in [3.05, 3.63) is 82.2 Å². The fourth-order valence-corrected chi connectivity index (χ4v) is 4.23. The molecule has 0 aliphatic carbocycles. The maximum absolute atomic E-state index is 14.7. The van der Waals surface area contributed by atoms with Crippen LogP contribution >= 0.6 is 11.3 Å². The van der Waals surface area contributed by atoms with E-state index in [1.165, 1.54) is 6.07 Å². The van der Waals surface area contributed by atoms with Gasteiger partial charge in [0.2, 0.25) is 0 Å². The number of amides is 1. The lowest BCUT2D eigenvalue weighted by Crippen LogP contribution is -2.23. The Kier molecular flexibility index (Phi) is 3.39. The molecule has 26 heavy (non-hydrogen) atoms. The summed E-state index contributed by atoms with van der Waals surface area (Å²) in [6, 6.07) is 10.9. The van der Waals surface area contributed by atoms with Gasteiger partial charge in [-0.1, -0.05) is 12.1 Å². The zero-order valence-electron chi connectivity index (χ0n) is 13.7. The molecule has 0 saturated carbocycles. The smallest absolute Gasteiger partial charge is 0.255 e. The number of carbonyl (C=O) groups is 1. The van der Waals surface area contributed by atoms with Gasteiger partial charge in [0.05, 0.1) is 12.1 Å². The Balaban J connectivity index is 1.41. The number of aromatic nitrogens is 2. The second-order valence-corrected chi connectivity index (χ2v) is 7.34. The van der Waals surface area contributed by atoms with Crippen LogP contribution in [0.5, 0.6) is 0 Å². The number of fused-ring (bicyclic) bond motifs is 2. The number of imidazole rings is 1. The van der Waals surface area contributed by atoms with Gasteiger partial charge in [0.1, 0.15) is 11.5 Å². The summed E-state index contributed by atoms with van der Waals surface area (Å²) in [4.78, 5) is 19.3. The van der Waals surface area contributed by atoms with Crippen molar-refractivity contribution in [2.24, 2.45) is 0 Å². The Bertz CT molecular complexity index is 1150. The van der Waals surface area contributed by atoms with Gasteiger partial charge in [-0.2, -0.15) is 0 Å². The summed E-state index contributed by atoms with van der Waals surface area (Å²) in [5.41, 5.74) is 3.85. The molecule has 5 rings (SSSR count). The highest BCUT2D eigenvalue weighted by atomic mass is 32.1. The van der Waals surface area contributed by atoms with Crippen molar-refractivity contribution < 1.29 is 9.18 Å². The van der Waals surface area contributed by atoms with Crippen LogP contribution in [0.3, 0.4) is 0 Å². The van der Waals surface area contributed by atoms with Crippen LogP contribution in [0.2, 0.25) is 0 Å². The van der Waals surface area contributed by atoms with Crippen molar-refractivity contribution in [1.29, 1.82) is 0 Å². The molecule has 0 radical (unpaired) electrons. The first-order valence-electron chi connectivity index (χ1n) is 8.26. The van der Waals surface area contributed by atoms with Crippen LogP contribution in [-0.2, 0) is 13.1 Å². The lowest BCUT2D eigenvalue weighted by atomic mass is 10.0. The molecule has 4 nitrogen and oxygen atoms in total. The fourth-order valence-electron chi connectivity index (χ4n) is 3.35. The molecule has 4 heterocycles. The van der Waals surface area contributed by atoms with Crippen LogP contribution in [0, 0.1) is 5.82 Å². The van der Waals surface area contributed by atoms with Gasteiger partial charge in [0, 0.05) is 35.6 Å². The van der Waals surface area contributed by atoms with Gasteiger partial charge in [-0.3, -0.25) is 4.79 Å². The van der Waals surface area contributed by atoms with Crippen molar-refractivity contribution in [3.8, 4) is 11.1 Å². The SMILES string of the molecule is O=C1c2ccsc2CN1Cc1ccc(-c2ccc3nccn3c2)cc1F. The summed E-state index contributed by atoms with van der Waals surface area (Å²) in [5.74, 6) is -0.313. The third-order valence-corrected chi connectivity index (χ3v) is 5.64. The van der Waals surface area contributed by atoms with Crippen LogP contribution in [0.4, 0.5) is 4.39 Å². The molecule has 0 atom stereocenters. The monoisotopic (exact) mass is 363 g/mol. The summed E-state index contributed by atoms with van der Waals surface area (Å²) < 4.78 is 16.6. The number of pyridine rings is 1. The van der Waals surface area contributed by atoms with Crippen molar-refractivity contribution >= 4 is 22.9 Å². The molecule has 0 spiro atoms. The highest BCUT2D eigenvalue weighted by Crippen LogP contribution is 2.30. The molecule has 0 unspecified atom stereocenters. The Morgan fingerprint density at radius 1 is 1.15 bits per heavy atom. The predicted molar refractivity (Wildman–Crippen MR) is 98.5 cm³/mol. The number of halogens is 1. The number of rotatable bonds is 3. The molecular formula is C20H14FN3OS. The first-order chi connectivity index (χ1) is 12.7. The molecule has 6 heteroatoms. The minimum absolute atomic E-state index is 0.0183. The lowest BCUT2D eigenvalue weighted by molar-refractivity contribution is 0.0765. The minimum atomic E-state index is -0.295. The van der Waals surface area contributed by atoms with E-state index in [0.29, 0.717) is 12.1 Å². The Morgan fingerprint density at radius 3 is 2.88 bits per heavy atom. The normalized spacial score (nSPS) is 13.6. The summed E-state index contributed by atoms with van der Waals surface area (Å²) in [6.45, 7) is 0.844. The molecule has 1 aliphatic rings. The average Bonchev–Trinajstić information content (AvgIpc) is 3.35. The van der Waals surface area contributed by atoms with Gasteiger partial charge in [-0.05, 0) is 40.8 Å². The minimum Gasteiger partial charge on any atom is -0.329 e. The van der Waals surface area contributed by atoms with Crippen LogP contribution in [0.1, 0.15) is 20.8 Å². The number of hydrogen-bond acceptors (Lipinski definition) is 3. The van der Waals surface area contributed by atoms with Gasteiger partial charge in [0.25, 0.3) is 5.91 Å². The Morgan fingerprint density at radius 2 is 2.04 bits per heavy atom. The summed E-state index contributed by atoms with van der Waals surface area (Å²) in [5, 5.41) is 1.92. The number of hydrogen-bond donors (Lipinski definition) is 0. The fraction of sp³-hybridized carbons (Fsp3) is 0.100. The first kappa shape index (κ1) is 15.3. The van der Waals surface area contributed by atoms with E-state index < -0.39 is 0 Å². The standard InChI is InChI=1S/C20H14FN3OS/c21-17-9-13(14-3-4-19-22-6-7-23(19)10-14)1-2-15(17)11-24-12-18-16(20(24)25)5-8-26-18/h1-10H,11-12H2. The molecule has 128 valence electrons. The number of nitrogens with zero attached hydrogens (tertiary/aromatic N) is 3. The zero-order chi connectivity index (χ0) is 17.7. The largest absolute Gasteiger partial charge is 0.329 e. The van der Waals surface area contributed by atoms with E-state index in [9.17, 15) is 9.18 Å². The molecule has 4 aromatic rings. The Labute approximate surface area is 153 Å². The van der Waals surface area contributed by atoms with E-state index in [4.69, 9.17) is 0 Å². The maximum atomic E-state index is 14.7. The molecule has 1 aliphatic heterocycles. The van der Waals surface area contributed by atoms with E-state index in [-0.39, 0.29) is 18.3 Å². The quantitative estimate of drug-likeness (QED) is 0.542. The van der Waals surface area contributed by atoms with Crippen molar-refractivity contribution in [3.63, 3.8) is 0 Å². The Hall–Kier alpha value is -2.99. The second kappa shape index (κ2) is 5.78. The van der Waals surface area contributed by atoms with E-state index >= 15 is 0 Å². The van der Waals surface area contributed by atoms with Crippen molar-refractivity contribution in [2.75, 3.05) is 0 Å². The molecule has 0 fully saturated rings.